The van der Waals surface area contributed by atoms with Crippen LogP contribution in [-0.4, -0.2) is 16.1 Å². The summed E-state index contributed by atoms with van der Waals surface area (Å²) in [5, 5.41) is 9.69. The normalized spacial score (nSPS) is 10.3. The fourth-order valence-corrected chi connectivity index (χ4v) is 2.38. The van der Waals surface area contributed by atoms with Crippen LogP contribution in [0.15, 0.2) is 65.3 Å². The second-order valence-electron chi connectivity index (χ2n) is 4.51. The molecule has 2 N–H and O–H groups in total. The first kappa shape index (κ1) is 13.6. The van der Waals surface area contributed by atoms with Crippen molar-refractivity contribution in [1.82, 2.24) is 10.2 Å². The van der Waals surface area contributed by atoms with Crippen molar-refractivity contribution < 1.29 is 4.79 Å². The predicted octanol–water partition coefficient (Wildman–Crippen LogP) is 4.09. The lowest BCUT2D eigenvalue weighted by Crippen LogP contribution is -2.11. The molecule has 0 saturated carbocycles. The maximum Gasteiger partial charge on any atom is 0.255 e. The van der Waals surface area contributed by atoms with Crippen molar-refractivity contribution in [3.63, 3.8) is 0 Å². The first-order chi connectivity index (χ1) is 10.2. The van der Waals surface area contributed by atoms with E-state index in [2.05, 4.69) is 31.4 Å². The average Bonchev–Trinajstić information content (AvgIpc) is 3.02. The zero-order chi connectivity index (χ0) is 14.7. The summed E-state index contributed by atoms with van der Waals surface area (Å²) in [5.41, 5.74) is 3.33. The number of nitrogens with one attached hydrogen (secondary N) is 2. The molecule has 3 aromatic rings. The Hall–Kier alpha value is -2.40. The smallest absolute Gasteiger partial charge is 0.255 e. The Balaban J connectivity index is 1.75. The standard InChI is InChI=1S/C16H12BrN3O/c17-13-3-1-2-12(10-13)16(21)19-14-6-4-11(5-7-14)15-8-9-18-20-15/h1-10H,(H,18,20)(H,19,21). The van der Waals surface area contributed by atoms with E-state index >= 15 is 0 Å². The molecule has 1 amide bonds. The lowest BCUT2D eigenvalue weighted by molar-refractivity contribution is 0.102. The SMILES string of the molecule is O=C(Nc1ccc(-c2ccn[nH]2)cc1)c1cccc(Br)c1. The number of aromatic amines is 1. The molecule has 1 heterocycles. The Morgan fingerprint density at radius 3 is 2.57 bits per heavy atom. The van der Waals surface area contributed by atoms with Gasteiger partial charge in [-0.2, -0.15) is 5.10 Å². The maximum absolute atomic E-state index is 12.1. The summed E-state index contributed by atoms with van der Waals surface area (Å²) < 4.78 is 0.879. The van der Waals surface area contributed by atoms with Gasteiger partial charge in [0.25, 0.3) is 5.91 Å². The predicted molar refractivity (Wildman–Crippen MR) is 86.1 cm³/mol. The fourth-order valence-electron chi connectivity index (χ4n) is 1.98. The molecule has 0 aliphatic carbocycles. The van der Waals surface area contributed by atoms with E-state index in [0.717, 1.165) is 21.4 Å². The minimum absolute atomic E-state index is 0.134. The van der Waals surface area contributed by atoms with Crippen molar-refractivity contribution in [1.29, 1.82) is 0 Å². The van der Waals surface area contributed by atoms with Gasteiger partial charge in [0.15, 0.2) is 0 Å². The Kier molecular flexibility index (Phi) is 3.83. The Morgan fingerprint density at radius 1 is 1.10 bits per heavy atom. The van der Waals surface area contributed by atoms with E-state index in [1.54, 1.807) is 18.3 Å². The van der Waals surface area contributed by atoms with E-state index in [1.807, 2.05) is 42.5 Å². The number of halogens is 1. The van der Waals surface area contributed by atoms with E-state index in [-0.39, 0.29) is 5.91 Å². The molecule has 0 fully saturated rings. The summed E-state index contributed by atoms with van der Waals surface area (Å²) in [5.74, 6) is -0.134. The van der Waals surface area contributed by atoms with Crippen molar-refractivity contribution >= 4 is 27.5 Å². The maximum atomic E-state index is 12.1. The van der Waals surface area contributed by atoms with E-state index in [9.17, 15) is 4.79 Å². The largest absolute Gasteiger partial charge is 0.322 e. The van der Waals surface area contributed by atoms with Crippen LogP contribution in [0, 0.1) is 0 Å². The quantitative estimate of drug-likeness (QED) is 0.753. The zero-order valence-electron chi connectivity index (χ0n) is 11.0. The Morgan fingerprint density at radius 2 is 1.90 bits per heavy atom. The highest BCUT2D eigenvalue weighted by Gasteiger charge is 2.06. The average molecular weight is 342 g/mol. The summed E-state index contributed by atoms with van der Waals surface area (Å²) in [6.07, 6.45) is 1.71. The number of hydrogen-bond donors (Lipinski definition) is 2. The van der Waals surface area contributed by atoms with Gasteiger partial charge >= 0.3 is 0 Å². The molecule has 0 atom stereocenters. The molecule has 0 bridgehead atoms. The van der Waals surface area contributed by atoms with Crippen LogP contribution >= 0.6 is 15.9 Å². The molecule has 1 aromatic heterocycles. The number of benzene rings is 2. The Bertz CT molecular complexity index is 751. The molecule has 0 unspecified atom stereocenters. The molecule has 0 aliphatic heterocycles. The number of carbonyl (C=O) groups is 1. The molecule has 104 valence electrons. The van der Waals surface area contributed by atoms with E-state index in [1.165, 1.54) is 0 Å². The fraction of sp³-hybridized carbons (Fsp3) is 0. The monoisotopic (exact) mass is 341 g/mol. The van der Waals surface area contributed by atoms with Crippen LogP contribution in [0.1, 0.15) is 10.4 Å². The van der Waals surface area contributed by atoms with Gasteiger partial charge in [-0.15, -0.1) is 0 Å². The van der Waals surface area contributed by atoms with Gasteiger partial charge in [-0.3, -0.25) is 9.89 Å². The second kappa shape index (κ2) is 5.93. The molecule has 0 saturated heterocycles. The summed E-state index contributed by atoms with van der Waals surface area (Å²) in [6.45, 7) is 0. The number of aromatic nitrogens is 2. The molecular formula is C16H12BrN3O. The van der Waals surface area contributed by atoms with Crippen LogP contribution in [0.3, 0.4) is 0 Å². The number of H-pyrrole nitrogens is 1. The van der Waals surface area contributed by atoms with Gasteiger partial charge in [0.1, 0.15) is 0 Å². The third kappa shape index (κ3) is 3.20. The van der Waals surface area contributed by atoms with Gasteiger partial charge in [-0.05, 0) is 42.0 Å². The number of nitrogens with zero attached hydrogens (tertiary/aromatic N) is 1. The van der Waals surface area contributed by atoms with Gasteiger partial charge in [0, 0.05) is 21.9 Å². The van der Waals surface area contributed by atoms with Crippen LogP contribution in [0.25, 0.3) is 11.3 Å². The highest BCUT2D eigenvalue weighted by Crippen LogP contribution is 2.19. The van der Waals surface area contributed by atoms with Crippen molar-refractivity contribution in [3.05, 3.63) is 70.8 Å². The summed E-state index contributed by atoms with van der Waals surface area (Å²) in [4.78, 5) is 12.1. The highest BCUT2D eigenvalue weighted by molar-refractivity contribution is 9.10. The molecule has 5 heteroatoms. The lowest BCUT2D eigenvalue weighted by Gasteiger charge is -2.06. The van der Waals surface area contributed by atoms with Gasteiger partial charge in [0.05, 0.1) is 5.69 Å². The molecule has 0 aliphatic rings. The van der Waals surface area contributed by atoms with Gasteiger partial charge < -0.3 is 5.32 Å². The minimum atomic E-state index is -0.134. The lowest BCUT2D eigenvalue weighted by atomic mass is 10.1. The van der Waals surface area contributed by atoms with Crippen molar-refractivity contribution in [2.75, 3.05) is 5.32 Å². The highest BCUT2D eigenvalue weighted by atomic mass is 79.9. The molecule has 0 radical (unpaired) electrons. The summed E-state index contributed by atoms with van der Waals surface area (Å²) >= 11 is 3.36. The number of hydrogen-bond acceptors (Lipinski definition) is 2. The third-order valence-electron chi connectivity index (χ3n) is 3.04. The molecule has 21 heavy (non-hydrogen) atoms. The third-order valence-corrected chi connectivity index (χ3v) is 3.53. The summed E-state index contributed by atoms with van der Waals surface area (Å²) in [7, 11) is 0. The number of amides is 1. The van der Waals surface area contributed by atoms with E-state index < -0.39 is 0 Å². The minimum Gasteiger partial charge on any atom is -0.322 e. The second-order valence-corrected chi connectivity index (χ2v) is 5.43. The number of rotatable bonds is 3. The Labute approximate surface area is 130 Å². The van der Waals surface area contributed by atoms with E-state index in [0.29, 0.717) is 5.56 Å². The van der Waals surface area contributed by atoms with Crippen molar-refractivity contribution in [3.8, 4) is 11.3 Å². The molecule has 2 aromatic carbocycles. The topological polar surface area (TPSA) is 57.8 Å². The molecule has 0 spiro atoms. The molecule has 3 rings (SSSR count). The number of anilines is 1. The van der Waals surface area contributed by atoms with Crippen LogP contribution in [0.2, 0.25) is 0 Å². The van der Waals surface area contributed by atoms with Crippen molar-refractivity contribution in [2.45, 2.75) is 0 Å². The van der Waals surface area contributed by atoms with E-state index in [4.69, 9.17) is 0 Å². The number of carbonyl (C=O) groups excluding carboxylic acids is 1. The van der Waals surface area contributed by atoms with Crippen LogP contribution in [-0.2, 0) is 0 Å². The van der Waals surface area contributed by atoms with Crippen LogP contribution in [0.4, 0.5) is 5.69 Å². The van der Waals surface area contributed by atoms with Crippen molar-refractivity contribution in [2.24, 2.45) is 0 Å². The van der Waals surface area contributed by atoms with Gasteiger partial charge in [0.2, 0.25) is 0 Å². The first-order valence-electron chi connectivity index (χ1n) is 6.39. The van der Waals surface area contributed by atoms with Gasteiger partial charge in [-0.1, -0.05) is 34.1 Å². The molecular weight excluding hydrogens is 330 g/mol. The zero-order valence-corrected chi connectivity index (χ0v) is 12.6. The summed E-state index contributed by atoms with van der Waals surface area (Å²) in [6, 6.07) is 16.8. The van der Waals surface area contributed by atoms with Gasteiger partial charge in [-0.25, -0.2) is 0 Å². The van der Waals surface area contributed by atoms with Crippen LogP contribution in [0.5, 0.6) is 0 Å². The molecule has 4 nitrogen and oxygen atoms in total. The first-order valence-corrected chi connectivity index (χ1v) is 7.18. The van der Waals surface area contributed by atoms with Crippen LogP contribution < -0.4 is 5.32 Å².